The first-order valence-corrected chi connectivity index (χ1v) is 7.07. The molecule has 0 saturated carbocycles. The molecule has 0 heteroatoms. The predicted octanol–water partition coefficient (Wildman–Crippen LogP) is 4.90. The zero-order chi connectivity index (χ0) is 14.2. The van der Waals surface area contributed by atoms with E-state index in [9.17, 15) is 0 Å². The molecule has 0 unspecified atom stereocenters. The summed E-state index contributed by atoms with van der Waals surface area (Å²) in [6.45, 7) is 4.15. The van der Waals surface area contributed by atoms with Crippen LogP contribution in [-0.2, 0) is 6.42 Å². The van der Waals surface area contributed by atoms with Crippen LogP contribution < -0.4 is 0 Å². The average molecular weight is 260 g/mol. The highest BCUT2D eigenvalue weighted by atomic mass is 14.0. The van der Waals surface area contributed by atoms with Crippen molar-refractivity contribution in [3.8, 4) is 11.8 Å². The van der Waals surface area contributed by atoms with Gasteiger partial charge in [0.2, 0.25) is 0 Å². The summed E-state index contributed by atoms with van der Waals surface area (Å²) in [5.41, 5.74) is 4.76. The van der Waals surface area contributed by atoms with Gasteiger partial charge in [-0.05, 0) is 56.5 Å². The van der Waals surface area contributed by atoms with Crippen LogP contribution in [0.5, 0.6) is 0 Å². The van der Waals surface area contributed by atoms with E-state index >= 15 is 0 Å². The maximum absolute atomic E-state index is 3.21. The Morgan fingerprint density at radius 3 is 1.95 bits per heavy atom. The molecular formula is C20H20. The van der Waals surface area contributed by atoms with Crippen LogP contribution in [-0.4, -0.2) is 0 Å². The van der Waals surface area contributed by atoms with Crippen LogP contribution in [0.25, 0.3) is 0 Å². The lowest BCUT2D eigenvalue weighted by molar-refractivity contribution is 0.999. The van der Waals surface area contributed by atoms with Crippen molar-refractivity contribution in [2.75, 3.05) is 0 Å². The van der Waals surface area contributed by atoms with Gasteiger partial charge in [0, 0.05) is 11.1 Å². The Balaban J connectivity index is 2.02. The average Bonchev–Trinajstić information content (AvgIpc) is 2.48. The minimum atomic E-state index is 1.06. The van der Waals surface area contributed by atoms with Crippen molar-refractivity contribution in [2.45, 2.75) is 26.7 Å². The third-order valence-electron chi connectivity index (χ3n) is 3.19. The van der Waals surface area contributed by atoms with E-state index in [1.807, 2.05) is 0 Å². The second kappa shape index (κ2) is 7.36. The molecule has 0 N–H and O–H groups in total. The summed E-state index contributed by atoms with van der Waals surface area (Å²) >= 11 is 0. The molecule has 0 radical (unpaired) electrons. The zero-order valence-corrected chi connectivity index (χ0v) is 12.2. The largest absolute Gasteiger partial charge is 0.0917 e. The summed E-state index contributed by atoms with van der Waals surface area (Å²) in [6.07, 6.45) is 6.49. The van der Waals surface area contributed by atoms with Crippen LogP contribution in [0, 0.1) is 18.8 Å². The summed E-state index contributed by atoms with van der Waals surface area (Å²) in [6, 6.07) is 16.9. The lowest BCUT2D eigenvalue weighted by Gasteiger charge is -1.98. The molecule has 20 heavy (non-hydrogen) atoms. The molecule has 0 nitrogen and oxygen atoms in total. The van der Waals surface area contributed by atoms with Crippen molar-refractivity contribution in [3.05, 3.63) is 82.9 Å². The summed E-state index contributed by atoms with van der Waals surface area (Å²) in [4.78, 5) is 0. The highest BCUT2D eigenvalue weighted by Crippen LogP contribution is 2.07. The number of hydrogen-bond acceptors (Lipinski definition) is 0. The molecule has 0 aliphatic rings. The molecule has 100 valence electrons. The molecule has 0 fully saturated rings. The van der Waals surface area contributed by atoms with Crippen LogP contribution in [0.15, 0.2) is 60.7 Å². The fraction of sp³-hybridized carbons (Fsp3) is 0.200. The van der Waals surface area contributed by atoms with Crippen molar-refractivity contribution in [1.82, 2.24) is 0 Å². The van der Waals surface area contributed by atoms with Crippen LogP contribution in [0.1, 0.15) is 35.6 Å². The van der Waals surface area contributed by atoms with Gasteiger partial charge < -0.3 is 0 Å². The van der Waals surface area contributed by atoms with Crippen LogP contribution in [0.3, 0.4) is 0 Å². The first-order chi connectivity index (χ1) is 9.78. The second-order valence-electron chi connectivity index (χ2n) is 4.92. The summed E-state index contributed by atoms with van der Waals surface area (Å²) < 4.78 is 0. The Kier molecular flexibility index (Phi) is 5.21. The molecule has 0 aliphatic heterocycles. The van der Waals surface area contributed by atoms with E-state index in [-0.39, 0.29) is 0 Å². The number of hydrogen-bond donors (Lipinski definition) is 0. The smallest absolute Gasteiger partial charge is 0.0249 e. The van der Waals surface area contributed by atoms with Gasteiger partial charge in [-0.25, -0.2) is 0 Å². The van der Waals surface area contributed by atoms with Gasteiger partial charge in [0.05, 0.1) is 0 Å². The number of benzene rings is 2. The lowest BCUT2D eigenvalue weighted by Crippen LogP contribution is -1.84. The van der Waals surface area contributed by atoms with Gasteiger partial charge in [-0.1, -0.05) is 53.8 Å². The van der Waals surface area contributed by atoms with E-state index < -0.39 is 0 Å². The second-order valence-corrected chi connectivity index (χ2v) is 4.92. The molecule has 0 atom stereocenters. The SMILES string of the molecule is C/C=C/CCc1ccc(C#Cc2ccc(C)cc2)cc1. The summed E-state index contributed by atoms with van der Waals surface area (Å²) in [7, 11) is 0. The van der Waals surface area contributed by atoms with Gasteiger partial charge in [0.15, 0.2) is 0 Å². The third kappa shape index (κ3) is 4.44. The van der Waals surface area contributed by atoms with Crippen molar-refractivity contribution in [1.29, 1.82) is 0 Å². The van der Waals surface area contributed by atoms with E-state index in [4.69, 9.17) is 0 Å². The van der Waals surface area contributed by atoms with Gasteiger partial charge in [0.1, 0.15) is 0 Å². The Morgan fingerprint density at radius 2 is 1.40 bits per heavy atom. The first-order valence-electron chi connectivity index (χ1n) is 7.07. The Hall–Kier alpha value is -2.26. The molecule has 0 aliphatic carbocycles. The normalized spacial score (nSPS) is 10.3. The van der Waals surface area contributed by atoms with Crippen LogP contribution >= 0.6 is 0 Å². The van der Waals surface area contributed by atoms with Gasteiger partial charge in [-0.2, -0.15) is 0 Å². The minimum absolute atomic E-state index is 1.06. The number of aryl methyl sites for hydroxylation is 2. The van der Waals surface area contributed by atoms with Crippen LogP contribution in [0.4, 0.5) is 0 Å². The van der Waals surface area contributed by atoms with Gasteiger partial charge >= 0.3 is 0 Å². The van der Waals surface area contributed by atoms with E-state index in [0.717, 1.165) is 24.0 Å². The van der Waals surface area contributed by atoms with Gasteiger partial charge in [0.25, 0.3) is 0 Å². The quantitative estimate of drug-likeness (QED) is 0.543. The predicted molar refractivity (Wildman–Crippen MR) is 86.7 cm³/mol. The van der Waals surface area contributed by atoms with Crippen molar-refractivity contribution in [2.24, 2.45) is 0 Å². The molecule has 2 aromatic rings. The molecule has 0 aromatic heterocycles. The topological polar surface area (TPSA) is 0 Å². The fourth-order valence-corrected chi connectivity index (χ4v) is 1.95. The fourth-order valence-electron chi connectivity index (χ4n) is 1.95. The van der Waals surface area contributed by atoms with Gasteiger partial charge in [-0.3, -0.25) is 0 Å². The number of rotatable bonds is 3. The monoisotopic (exact) mass is 260 g/mol. The van der Waals surface area contributed by atoms with E-state index in [0.29, 0.717) is 0 Å². The number of allylic oxidation sites excluding steroid dienone is 2. The standard InChI is InChI=1S/C20H20/c1-3-4-5-6-18-11-13-20(14-12-18)16-15-19-9-7-17(2)8-10-19/h3-4,7-14H,5-6H2,1-2H3/b4-3+. The molecule has 2 rings (SSSR count). The minimum Gasteiger partial charge on any atom is -0.0917 e. The molecule has 0 heterocycles. The van der Waals surface area contributed by atoms with Gasteiger partial charge in [-0.15, -0.1) is 0 Å². The first kappa shape index (κ1) is 14.2. The third-order valence-corrected chi connectivity index (χ3v) is 3.19. The van der Waals surface area contributed by atoms with E-state index in [2.05, 4.69) is 86.4 Å². The van der Waals surface area contributed by atoms with Crippen LogP contribution in [0.2, 0.25) is 0 Å². The molecule has 0 spiro atoms. The van der Waals surface area contributed by atoms with E-state index in [1.165, 1.54) is 11.1 Å². The zero-order valence-electron chi connectivity index (χ0n) is 12.2. The van der Waals surface area contributed by atoms with Crippen molar-refractivity contribution in [3.63, 3.8) is 0 Å². The summed E-state index contributed by atoms with van der Waals surface area (Å²) in [5, 5.41) is 0. The maximum Gasteiger partial charge on any atom is 0.0249 e. The molecule has 0 amide bonds. The Morgan fingerprint density at radius 1 is 0.850 bits per heavy atom. The Labute approximate surface area is 122 Å². The molecule has 0 bridgehead atoms. The van der Waals surface area contributed by atoms with Crippen molar-refractivity contribution < 1.29 is 0 Å². The highest BCUT2D eigenvalue weighted by molar-refractivity contribution is 5.43. The highest BCUT2D eigenvalue weighted by Gasteiger charge is 1.92. The Bertz CT molecular complexity index is 616. The summed E-state index contributed by atoms with van der Waals surface area (Å²) in [5.74, 6) is 6.41. The molecular weight excluding hydrogens is 240 g/mol. The maximum atomic E-state index is 3.21. The lowest BCUT2D eigenvalue weighted by atomic mass is 10.1. The molecule has 2 aromatic carbocycles. The van der Waals surface area contributed by atoms with E-state index in [1.54, 1.807) is 0 Å². The van der Waals surface area contributed by atoms with Crippen molar-refractivity contribution >= 4 is 0 Å². The molecule has 0 saturated heterocycles.